The van der Waals surface area contributed by atoms with Gasteiger partial charge in [-0.1, -0.05) is 18.2 Å². The van der Waals surface area contributed by atoms with Crippen molar-refractivity contribution in [3.8, 4) is 5.75 Å². The van der Waals surface area contributed by atoms with Crippen molar-refractivity contribution in [2.45, 2.75) is 17.8 Å². The molecular formula is C14H16N2O3S. The smallest absolute Gasteiger partial charge is 0.258 e. The van der Waals surface area contributed by atoms with E-state index in [4.69, 9.17) is 4.74 Å². The van der Waals surface area contributed by atoms with Crippen molar-refractivity contribution in [3.05, 3.63) is 30.3 Å². The molecule has 106 valence electrons. The third-order valence-electron chi connectivity index (χ3n) is 3.40. The predicted octanol–water partition coefficient (Wildman–Crippen LogP) is 0.855. The number of hydrogen-bond acceptors (Lipinski definition) is 4. The Morgan fingerprint density at radius 2 is 2.20 bits per heavy atom. The minimum absolute atomic E-state index is 0.0234. The molecule has 3 rings (SSSR count). The molecule has 0 aliphatic carbocycles. The molecule has 2 heterocycles. The number of thioether (sulfide) groups is 1. The Balaban J connectivity index is 1.48. The Hall–Kier alpha value is -1.69. The van der Waals surface area contributed by atoms with E-state index in [0.717, 1.165) is 18.7 Å². The van der Waals surface area contributed by atoms with Crippen LogP contribution in [-0.2, 0) is 9.59 Å². The minimum atomic E-state index is -0.382. The Kier molecular flexibility index (Phi) is 3.82. The number of benzene rings is 1. The lowest BCUT2D eigenvalue weighted by Gasteiger charge is -2.49. The number of nitrogens with zero attached hydrogens (tertiary/aromatic N) is 1. The quantitative estimate of drug-likeness (QED) is 0.836. The molecule has 0 radical (unpaired) electrons. The van der Waals surface area contributed by atoms with Crippen molar-refractivity contribution >= 4 is 23.6 Å². The lowest BCUT2D eigenvalue weighted by Crippen LogP contribution is -2.70. The summed E-state index contributed by atoms with van der Waals surface area (Å²) in [6.45, 7) is 0.745. The van der Waals surface area contributed by atoms with Crippen LogP contribution in [0.3, 0.4) is 0 Å². The second kappa shape index (κ2) is 5.75. The number of hydrogen-bond donors (Lipinski definition) is 1. The Bertz CT molecular complexity index is 508. The summed E-state index contributed by atoms with van der Waals surface area (Å²) in [5.41, 5.74) is 0. The van der Waals surface area contributed by atoms with E-state index in [0.29, 0.717) is 5.75 Å². The highest BCUT2D eigenvalue weighted by molar-refractivity contribution is 8.00. The van der Waals surface area contributed by atoms with Crippen molar-refractivity contribution in [2.75, 3.05) is 18.9 Å². The number of carbonyl (C=O) groups excluding carboxylic acids is 2. The van der Waals surface area contributed by atoms with E-state index in [9.17, 15) is 9.59 Å². The number of nitrogens with one attached hydrogen (secondary N) is 1. The van der Waals surface area contributed by atoms with Gasteiger partial charge in [0, 0.05) is 6.54 Å². The molecule has 2 fully saturated rings. The van der Waals surface area contributed by atoms with Gasteiger partial charge in [-0.25, -0.2) is 0 Å². The zero-order chi connectivity index (χ0) is 13.9. The highest BCUT2D eigenvalue weighted by Crippen LogP contribution is 2.34. The first kappa shape index (κ1) is 13.3. The summed E-state index contributed by atoms with van der Waals surface area (Å²) >= 11 is 1.73. The third-order valence-corrected chi connectivity index (χ3v) is 4.80. The molecule has 2 saturated heterocycles. The fourth-order valence-electron chi connectivity index (χ4n) is 2.40. The first-order valence-corrected chi connectivity index (χ1v) is 7.70. The first-order valence-electron chi connectivity index (χ1n) is 6.65. The zero-order valence-corrected chi connectivity index (χ0v) is 11.8. The number of rotatable bonds is 4. The lowest BCUT2D eigenvalue weighted by molar-refractivity contribution is -0.149. The van der Waals surface area contributed by atoms with Crippen molar-refractivity contribution in [2.24, 2.45) is 0 Å². The Morgan fingerprint density at radius 1 is 1.40 bits per heavy atom. The van der Waals surface area contributed by atoms with Crippen molar-refractivity contribution in [1.82, 2.24) is 10.2 Å². The van der Waals surface area contributed by atoms with Crippen LogP contribution in [0, 0.1) is 0 Å². The molecule has 1 aromatic rings. The molecule has 2 aliphatic rings. The van der Waals surface area contributed by atoms with Gasteiger partial charge in [-0.05, 0) is 24.3 Å². The Labute approximate surface area is 121 Å². The third kappa shape index (κ3) is 2.60. The molecule has 20 heavy (non-hydrogen) atoms. The summed E-state index contributed by atoms with van der Waals surface area (Å²) in [6, 6.07) is 8.78. The topological polar surface area (TPSA) is 58.6 Å². The molecule has 2 aliphatic heterocycles. The summed E-state index contributed by atoms with van der Waals surface area (Å²) in [5.74, 6) is 1.46. The molecule has 1 unspecified atom stereocenters. The SMILES string of the molecule is O=C(COc1ccccc1)NC1C(=O)N2CCCS[C@H]12. The van der Waals surface area contributed by atoms with Crippen LogP contribution in [0.15, 0.2) is 30.3 Å². The molecule has 0 spiro atoms. The van der Waals surface area contributed by atoms with E-state index in [1.807, 2.05) is 23.1 Å². The number of fused-ring (bicyclic) bond motifs is 1. The van der Waals surface area contributed by atoms with Gasteiger partial charge >= 0.3 is 0 Å². The average Bonchev–Trinajstić information content (AvgIpc) is 2.51. The fourth-order valence-corrected chi connectivity index (χ4v) is 3.70. The van der Waals surface area contributed by atoms with Crippen molar-refractivity contribution < 1.29 is 14.3 Å². The van der Waals surface area contributed by atoms with Gasteiger partial charge in [0.25, 0.3) is 5.91 Å². The van der Waals surface area contributed by atoms with Crippen LogP contribution in [0.4, 0.5) is 0 Å². The molecule has 1 aromatic carbocycles. The monoisotopic (exact) mass is 292 g/mol. The first-order chi connectivity index (χ1) is 9.75. The second-order valence-corrected chi connectivity index (χ2v) is 6.02. The minimum Gasteiger partial charge on any atom is -0.484 e. The number of carbonyl (C=O) groups is 2. The molecule has 2 amide bonds. The molecule has 1 N–H and O–H groups in total. The molecule has 2 atom stereocenters. The van der Waals surface area contributed by atoms with Crippen LogP contribution < -0.4 is 10.1 Å². The number of amides is 2. The summed E-state index contributed by atoms with van der Waals surface area (Å²) in [6.07, 6.45) is 1.03. The normalized spacial score (nSPS) is 24.6. The van der Waals surface area contributed by atoms with Gasteiger partial charge in [-0.15, -0.1) is 11.8 Å². The van der Waals surface area contributed by atoms with Gasteiger partial charge < -0.3 is 15.0 Å². The van der Waals surface area contributed by atoms with Crippen LogP contribution in [0.5, 0.6) is 5.75 Å². The maximum absolute atomic E-state index is 11.9. The average molecular weight is 292 g/mol. The van der Waals surface area contributed by atoms with Gasteiger partial charge in [0.15, 0.2) is 6.61 Å². The van der Waals surface area contributed by atoms with E-state index >= 15 is 0 Å². The maximum Gasteiger partial charge on any atom is 0.258 e. The second-order valence-electron chi connectivity index (χ2n) is 4.79. The molecule has 0 saturated carbocycles. The lowest BCUT2D eigenvalue weighted by atomic mass is 10.1. The molecule has 5 nitrogen and oxygen atoms in total. The molecule has 6 heteroatoms. The van der Waals surface area contributed by atoms with Gasteiger partial charge in [0.2, 0.25) is 5.91 Å². The van der Waals surface area contributed by atoms with E-state index in [1.54, 1.807) is 23.9 Å². The zero-order valence-electron chi connectivity index (χ0n) is 11.0. The molecule has 0 aromatic heterocycles. The van der Waals surface area contributed by atoms with Crippen LogP contribution in [0.25, 0.3) is 0 Å². The summed E-state index contributed by atoms with van der Waals surface area (Å²) < 4.78 is 5.36. The van der Waals surface area contributed by atoms with E-state index in [1.165, 1.54) is 0 Å². The largest absolute Gasteiger partial charge is 0.484 e. The van der Waals surface area contributed by atoms with Gasteiger partial charge in [-0.3, -0.25) is 9.59 Å². The predicted molar refractivity (Wildman–Crippen MR) is 76.4 cm³/mol. The highest BCUT2D eigenvalue weighted by atomic mass is 32.2. The van der Waals surface area contributed by atoms with Gasteiger partial charge in [-0.2, -0.15) is 0 Å². The summed E-state index contributed by atoms with van der Waals surface area (Å²) in [5, 5.41) is 2.87. The van der Waals surface area contributed by atoms with Gasteiger partial charge in [0.1, 0.15) is 17.2 Å². The van der Waals surface area contributed by atoms with Crippen LogP contribution in [0.1, 0.15) is 6.42 Å². The summed E-state index contributed by atoms with van der Waals surface area (Å²) in [4.78, 5) is 25.5. The van der Waals surface area contributed by atoms with E-state index < -0.39 is 0 Å². The molecular weight excluding hydrogens is 276 g/mol. The highest BCUT2D eigenvalue weighted by Gasteiger charge is 2.49. The van der Waals surface area contributed by atoms with Crippen molar-refractivity contribution in [1.29, 1.82) is 0 Å². The van der Waals surface area contributed by atoms with Crippen LogP contribution >= 0.6 is 11.8 Å². The number of para-hydroxylation sites is 1. The maximum atomic E-state index is 11.9. The summed E-state index contributed by atoms with van der Waals surface area (Å²) in [7, 11) is 0. The van der Waals surface area contributed by atoms with Gasteiger partial charge in [0.05, 0.1) is 0 Å². The van der Waals surface area contributed by atoms with Crippen LogP contribution in [0.2, 0.25) is 0 Å². The van der Waals surface area contributed by atoms with Crippen LogP contribution in [-0.4, -0.2) is 47.0 Å². The number of ether oxygens (including phenoxy) is 1. The Morgan fingerprint density at radius 3 is 3.00 bits per heavy atom. The van der Waals surface area contributed by atoms with E-state index in [2.05, 4.69) is 5.32 Å². The standard InChI is InChI=1S/C14H16N2O3S/c17-11(9-19-10-5-2-1-3-6-10)15-12-13(18)16-7-4-8-20-14(12)16/h1-3,5-6,12,14H,4,7-9H2,(H,15,17)/t12?,14-/m1/s1. The van der Waals surface area contributed by atoms with E-state index in [-0.39, 0.29) is 29.8 Å². The molecule has 0 bridgehead atoms. The fraction of sp³-hybridized carbons (Fsp3) is 0.429. The van der Waals surface area contributed by atoms with Crippen molar-refractivity contribution in [3.63, 3.8) is 0 Å². The number of β-lactam (4-membered cyclic amide) rings is 1.